The van der Waals surface area contributed by atoms with Gasteiger partial charge in [-0.1, -0.05) is 186 Å². The van der Waals surface area contributed by atoms with Crippen LogP contribution in [0, 0.1) is 11.3 Å². The number of aromatic nitrogens is 5. The van der Waals surface area contributed by atoms with Crippen LogP contribution in [-0.4, -0.2) is 23.3 Å². The van der Waals surface area contributed by atoms with Crippen molar-refractivity contribution in [2.45, 2.75) is 105 Å². The molecular weight excluding hydrogens is 997 g/mol. The summed E-state index contributed by atoms with van der Waals surface area (Å²) in [7, 11) is 0. The molecule has 82 heavy (non-hydrogen) atoms. The molecule has 0 fully saturated rings. The normalized spacial score (nSPS) is 12.9. The van der Waals surface area contributed by atoms with Crippen LogP contribution in [0.1, 0.15) is 111 Å². The van der Waals surface area contributed by atoms with Crippen molar-refractivity contribution in [2.24, 2.45) is 0 Å². The number of hydrogen-bond acceptors (Lipinski definition) is 2. The van der Waals surface area contributed by atoms with E-state index in [0.29, 0.717) is 5.56 Å². The van der Waals surface area contributed by atoms with E-state index in [1.807, 2.05) is 18.5 Å². The van der Waals surface area contributed by atoms with Crippen molar-refractivity contribution >= 4 is 87.2 Å². The lowest BCUT2D eigenvalue weighted by Gasteiger charge is -2.29. The summed E-state index contributed by atoms with van der Waals surface area (Å²) in [5.41, 5.74) is 18.5. The van der Waals surface area contributed by atoms with E-state index < -0.39 is 0 Å². The number of fused-ring (bicyclic) bond motifs is 12. The molecule has 0 bridgehead atoms. The van der Waals surface area contributed by atoms with E-state index in [2.05, 4.69) is 283 Å². The molecule has 0 saturated carbocycles. The Hall–Kier alpha value is -9.18. The highest BCUT2D eigenvalue weighted by atomic mass is 15.1. The molecule has 14 rings (SSSR count). The molecule has 0 aliphatic rings. The third-order valence-corrected chi connectivity index (χ3v) is 17.5. The molecule has 6 nitrogen and oxygen atoms in total. The molecule has 5 aromatic heterocycles. The second-order valence-corrected chi connectivity index (χ2v) is 26.8. The quantitative estimate of drug-likeness (QED) is 0.172. The summed E-state index contributed by atoms with van der Waals surface area (Å²) < 4.78 is 9.88. The molecule has 0 N–H and O–H groups in total. The Morgan fingerprint density at radius 3 is 0.939 bits per heavy atom. The SMILES string of the molecule is CC(C)(C)c1ccc2c(c1)c1ccccc1n2-c1c(C#N)c(-n2c3ccccc3c3cc(C(C)(C)C)ccc32)c(-n2c3ccccc3c3cc(C(C)(C)C)ccc32)c(-n2c3ccccc3c3cc(C(C)(C)C)ccc32)c1-c1cccnc1. The molecule has 0 aliphatic heterocycles. The lowest BCUT2D eigenvalue weighted by Crippen LogP contribution is -2.17. The van der Waals surface area contributed by atoms with E-state index in [9.17, 15) is 5.26 Å². The summed E-state index contributed by atoms with van der Waals surface area (Å²) >= 11 is 0. The van der Waals surface area contributed by atoms with Crippen LogP contribution < -0.4 is 0 Å². The molecule has 6 heteroatoms. The topological polar surface area (TPSA) is 56.4 Å². The number of hydrogen-bond donors (Lipinski definition) is 0. The van der Waals surface area contributed by atoms with E-state index >= 15 is 0 Å². The Labute approximate surface area is 480 Å². The van der Waals surface area contributed by atoms with E-state index in [1.54, 1.807) is 0 Å². The first-order valence-corrected chi connectivity index (χ1v) is 28.9. The van der Waals surface area contributed by atoms with Crippen molar-refractivity contribution in [1.82, 2.24) is 23.3 Å². The predicted octanol–water partition coefficient (Wildman–Crippen LogP) is 20.2. The number of pyridine rings is 1. The minimum Gasteiger partial charge on any atom is -0.307 e. The lowest BCUT2D eigenvalue weighted by atomic mass is 9.86. The molecule has 14 aromatic rings. The maximum atomic E-state index is 13.0. The zero-order chi connectivity index (χ0) is 56.9. The van der Waals surface area contributed by atoms with Gasteiger partial charge in [-0.2, -0.15) is 5.26 Å². The molecule has 0 saturated heterocycles. The van der Waals surface area contributed by atoms with Gasteiger partial charge in [-0.3, -0.25) is 4.98 Å². The van der Waals surface area contributed by atoms with E-state index in [0.717, 1.165) is 121 Å². The maximum Gasteiger partial charge on any atom is 0.104 e. The molecule has 9 aromatic carbocycles. The fraction of sp³-hybridized carbons (Fsp3) is 0.211. The van der Waals surface area contributed by atoms with Crippen LogP contribution in [-0.2, 0) is 21.7 Å². The van der Waals surface area contributed by atoms with Gasteiger partial charge in [0.1, 0.15) is 11.6 Å². The van der Waals surface area contributed by atoms with Gasteiger partial charge in [-0.15, -0.1) is 0 Å². The van der Waals surface area contributed by atoms with Crippen molar-refractivity contribution < 1.29 is 0 Å². The maximum absolute atomic E-state index is 13.0. The minimum absolute atomic E-state index is 0.110. The standard InChI is InChI=1S/C76H68N6/c1-73(2,3)47-31-35-64-55(40-47)51-23-13-17-27-60(51)79(64)69-59(44-77)70(80-61-28-18-14-24-52(61)56-41-48(74(4,5)6)32-36-65(56)80)72(82-63-30-20-16-26-54(63)58-43-50(76(10,11)12)34-38-67(58)82)71(68(69)46-22-21-39-78-45-46)81-62-29-19-15-25-53(62)57-42-49(75(7,8)9)33-37-66(57)81/h13-43,45H,1-12H3. The van der Waals surface area contributed by atoms with E-state index in [-0.39, 0.29) is 21.7 Å². The van der Waals surface area contributed by atoms with Gasteiger partial charge < -0.3 is 18.3 Å². The zero-order valence-corrected chi connectivity index (χ0v) is 49.2. The van der Waals surface area contributed by atoms with Crippen LogP contribution in [0.2, 0.25) is 0 Å². The summed E-state index contributed by atoms with van der Waals surface area (Å²) in [5, 5.41) is 22.1. The lowest BCUT2D eigenvalue weighted by molar-refractivity contribution is 0.591. The highest BCUT2D eigenvalue weighted by Gasteiger charge is 2.36. The summed E-state index contributed by atoms with van der Waals surface area (Å²) in [6, 6.07) is 70.7. The first-order chi connectivity index (χ1) is 39.2. The molecule has 0 aliphatic carbocycles. The molecule has 0 unspecified atom stereocenters. The van der Waals surface area contributed by atoms with Crippen LogP contribution in [0.4, 0.5) is 0 Å². The molecule has 402 valence electrons. The fourth-order valence-electron chi connectivity index (χ4n) is 13.2. The minimum atomic E-state index is -0.117. The van der Waals surface area contributed by atoms with Gasteiger partial charge in [0, 0.05) is 66.6 Å². The van der Waals surface area contributed by atoms with Gasteiger partial charge in [0.05, 0.1) is 66.9 Å². The number of rotatable bonds is 5. The van der Waals surface area contributed by atoms with Crippen molar-refractivity contribution in [3.05, 3.63) is 222 Å². The van der Waals surface area contributed by atoms with Crippen LogP contribution in [0.25, 0.3) is 121 Å². The highest BCUT2D eigenvalue weighted by molar-refractivity contribution is 6.17. The second kappa shape index (κ2) is 17.9. The summed E-state index contributed by atoms with van der Waals surface area (Å²) in [4.78, 5) is 4.98. The Morgan fingerprint density at radius 2 is 0.622 bits per heavy atom. The van der Waals surface area contributed by atoms with Gasteiger partial charge >= 0.3 is 0 Å². The average molecular weight is 1070 g/mol. The third kappa shape index (κ3) is 7.62. The van der Waals surface area contributed by atoms with Gasteiger partial charge in [-0.25, -0.2) is 0 Å². The summed E-state index contributed by atoms with van der Waals surface area (Å²) in [6.07, 6.45) is 3.86. The summed E-state index contributed by atoms with van der Waals surface area (Å²) in [6.45, 7) is 27.5. The van der Waals surface area contributed by atoms with Crippen LogP contribution in [0.15, 0.2) is 194 Å². The van der Waals surface area contributed by atoms with Gasteiger partial charge in [0.25, 0.3) is 0 Å². The van der Waals surface area contributed by atoms with Crippen molar-refractivity contribution in [1.29, 1.82) is 5.26 Å². The first-order valence-electron chi connectivity index (χ1n) is 28.9. The molecule has 0 atom stereocenters. The molecule has 0 amide bonds. The monoisotopic (exact) mass is 1060 g/mol. The van der Waals surface area contributed by atoms with Crippen LogP contribution >= 0.6 is 0 Å². The van der Waals surface area contributed by atoms with Crippen molar-refractivity contribution in [3.63, 3.8) is 0 Å². The third-order valence-electron chi connectivity index (χ3n) is 17.5. The Kier molecular flexibility index (Phi) is 11.1. The van der Waals surface area contributed by atoms with E-state index in [4.69, 9.17) is 4.98 Å². The first kappa shape index (κ1) is 51.0. The van der Waals surface area contributed by atoms with Gasteiger partial charge in [0.15, 0.2) is 0 Å². The number of benzene rings is 9. The second-order valence-electron chi connectivity index (χ2n) is 26.8. The van der Waals surface area contributed by atoms with Crippen LogP contribution in [0.3, 0.4) is 0 Å². The summed E-state index contributed by atoms with van der Waals surface area (Å²) in [5.74, 6) is 0. The van der Waals surface area contributed by atoms with Crippen molar-refractivity contribution in [3.8, 4) is 39.9 Å². The highest BCUT2D eigenvalue weighted by Crippen LogP contribution is 2.52. The average Bonchev–Trinajstić information content (AvgIpc) is 3.73. The Balaban J connectivity index is 1.34. The Bertz CT molecular complexity index is 5020. The smallest absolute Gasteiger partial charge is 0.104 e. The molecule has 0 spiro atoms. The number of nitrogens with zero attached hydrogens (tertiary/aromatic N) is 6. The zero-order valence-electron chi connectivity index (χ0n) is 49.2. The molecule has 5 heterocycles. The van der Waals surface area contributed by atoms with Gasteiger partial charge in [-0.05, 0) is 123 Å². The fourth-order valence-corrected chi connectivity index (χ4v) is 13.2. The predicted molar refractivity (Wildman–Crippen MR) is 347 cm³/mol. The molecule has 0 radical (unpaired) electrons. The Morgan fingerprint density at radius 1 is 0.317 bits per heavy atom. The molecular formula is C76H68N6. The van der Waals surface area contributed by atoms with Crippen molar-refractivity contribution in [2.75, 3.05) is 0 Å². The number of nitriles is 1. The van der Waals surface area contributed by atoms with Crippen LogP contribution in [0.5, 0.6) is 0 Å². The van der Waals surface area contributed by atoms with E-state index in [1.165, 1.54) is 22.3 Å². The number of para-hydroxylation sites is 4. The van der Waals surface area contributed by atoms with Gasteiger partial charge in [0.2, 0.25) is 0 Å². The largest absolute Gasteiger partial charge is 0.307 e.